The number of amides is 1. The van der Waals surface area contributed by atoms with E-state index in [1.807, 2.05) is 43.3 Å². The highest BCUT2D eigenvalue weighted by Crippen LogP contribution is 2.27. The largest absolute Gasteiger partial charge is 0.493 e. The summed E-state index contributed by atoms with van der Waals surface area (Å²) in [6, 6.07) is 24.2. The Kier molecular flexibility index (Phi) is 6.84. The first kappa shape index (κ1) is 22.0. The SMILES string of the molecule is CCOc1ccc(C(=O)Nc2cc(Cl)cc(Cl)c2)cc1COc1ccc2ccccc2c1. The first-order valence-electron chi connectivity index (χ1n) is 10.2. The van der Waals surface area contributed by atoms with E-state index < -0.39 is 0 Å². The van der Waals surface area contributed by atoms with Gasteiger partial charge in [-0.2, -0.15) is 0 Å². The van der Waals surface area contributed by atoms with Gasteiger partial charge in [-0.3, -0.25) is 4.79 Å². The molecule has 0 aliphatic carbocycles. The van der Waals surface area contributed by atoms with E-state index in [4.69, 9.17) is 32.7 Å². The lowest BCUT2D eigenvalue weighted by atomic mass is 10.1. The van der Waals surface area contributed by atoms with Crippen LogP contribution in [0, 0.1) is 0 Å². The van der Waals surface area contributed by atoms with Crippen LogP contribution in [0.5, 0.6) is 11.5 Å². The standard InChI is InChI=1S/C26H21Cl2NO3/c1-2-31-25-10-8-19(26(30)29-23-14-21(27)13-22(28)15-23)11-20(25)16-32-24-9-7-17-5-3-4-6-18(17)12-24/h3-15H,2,16H2,1H3,(H,29,30). The smallest absolute Gasteiger partial charge is 0.255 e. The number of hydrogen-bond acceptors (Lipinski definition) is 3. The molecule has 0 atom stereocenters. The summed E-state index contributed by atoms with van der Waals surface area (Å²) in [4.78, 5) is 12.8. The molecule has 4 rings (SSSR count). The average molecular weight is 466 g/mol. The lowest BCUT2D eigenvalue weighted by Gasteiger charge is -2.14. The zero-order valence-electron chi connectivity index (χ0n) is 17.4. The van der Waals surface area contributed by atoms with Crippen LogP contribution in [-0.4, -0.2) is 12.5 Å². The van der Waals surface area contributed by atoms with E-state index in [-0.39, 0.29) is 12.5 Å². The number of hydrogen-bond donors (Lipinski definition) is 1. The van der Waals surface area contributed by atoms with Crippen molar-refractivity contribution in [3.05, 3.63) is 100 Å². The lowest BCUT2D eigenvalue weighted by Crippen LogP contribution is -2.13. The Morgan fingerprint density at radius 3 is 2.34 bits per heavy atom. The molecule has 0 fully saturated rings. The predicted molar refractivity (Wildman–Crippen MR) is 130 cm³/mol. The second-order valence-electron chi connectivity index (χ2n) is 7.17. The van der Waals surface area contributed by atoms with Crippen LogP contribution < -0.4 is 14.8 Å². The third-order valence-electron chi connectivity index (χ3n) is 4.86. The Hall–Kier alpha value is -3.21. The molecular weight excluding hydrogens is 445 g/mol. The summed E-state index contributed by atoms with van der Waals surface area (Å²) in [5.41, 5.74) is 1.77. The van der Waals surface area contributed by atoms with Crippen LogP contribution >= 0.6 is 23.2 Å². The van der Waals surface area contributed by atoms with Gasteiger partial charge >= 0.3 is 0 Å². The molecular formula is C26H21Cl2NO3. The zero-order chi connectivity index (χ0) is 22.5. The summed E-state index contributed by atoms with van der Waals surface area (Å²) >= 11 is 12.1. The fraction of sp³-hybridized carbons (Fsp3) is 0.115. The fourth-order valence-electron chi connectivity index (χ4n) is 3.38. The van der Waals surface area contributed by atoms with Crippen molar-refractivity contribution in [1.82, 2.24) is 0 Å². The molecule has 4 aromatic carbocycles. The highest BCUT2D eigenvalue weighted by Gasteiger charge is 2.13. The number of fused-ring (bicyclic) bond motifs is 1. The van der Waals surface area contributed by atoms with E-state index in [0.717, 1.165) is 22.1 Å². The van der Waals surface area contributed by atoms with Crippen LogP contribution in [0.4, 0.5) is 5.69 Å². The molecule has 4 aromatic rings. The molecule has 0 radical (unpaired) electrons. The summed E-state index contributed by atoms with van der Waals surface area (Å²) in [5, 5.41) is 5.97. The van der Waals surface area contributed by atoms with Gasteiger partial charge in [0.05, 0.1) is 6.61 Å². The first-order valence-corrected chi connectivity index (χ1v) is 10.9. The van der Waals surface area contributed by atoms with Gasteiger partial charge in [0, 0.05) is 26.9 Å². The van der Waals surface area contributed by atoms with E-state index in [9.17, 15) is 4.79 Å². The predicted octanol–water partition coefficient (Wildman–Crippen LogP) is 7.38. The van der Waals surface area contributed by atoms with Crippen LogP contribution in [0.3, 0.4) is 0 Å². The molecule has 0 aliphatic rings. The summed E-state index contributed by atoms with van der Waals surface area (Å²) in [6.07, 6.45) is 0. The molecule has 32 heavy (non-hydrogen) atoms. The lowest BCUT2D eigenvalue weighted by molar-refractivity contribution is 0.102. The number of rotatable bonds is 7. The van der Waals surface area contributed by atoms with Crippen molar-refractivity contribution in [1.29, 1.82) is 0 Å². The molecule has 0 aromatic heterocycles. The molecule has 1 amide bonds. The zero-order valence-corrected chi connectivity index (χ0v) is 18.9. The van der Waals surface area contributed by atoms with Gasteiger partial charge in [0.15, 0.2) is 0 Å². The van der Waals surface area contributed by atoms with Gasteiger partial charge in [0.1, 0.15) is 18.1 Å². The topological polar surface area (TPSA) is 47.6 Å². The monoisotopic (exact) mass is 465 g/mol. The van der Waals surface area contributed by atoms with E-state index in [0.29, 0.717) is 33.7 Å². The number of carbonyl (C=O) groups is 1. The number of ether oxygens (including phenoxy) is 2. The van der Waals surface area contributed by atoms with E-state index in [1.54, 1.807) is 36.4 Å². The van der Waals surface area contributed by atoms with Gasteiger partial charge in [0.25, 0.3) is 5.91 Å². The second-order valence-corrected chi connectivity index (χ2v) is 8.04. The molecule has 0 spiro atoms. The molecule has 162 valence electrons. The molecule has 6 heteroatoms. The Morgan fingerprint density at radius 2 is 1.59 bits per heavy atom. The van der Waals surface area contributed by atoms with Crippen molar-refractivity contribution in [3.8, 4) is 11.5 Å². The number of nitrogens with one attached hydrogen (secondary N) is 1. The maximum absolute atomic E-state index is 12.8. The van der Waals surface area contributed by atoms with Crippen LogP contribution in [0.1, 0.15) is 22.8 Å². The minimum atomic E-state index is -0.279. The third kappa shape index (κ3) is 5.34. The number of anilines is 1. The Labute approximate surface area is 196 Å². The molecule has 0 unspecified atom stereocenters. The molecule has 1 N–H and O–H groups in total. The van der Waals surface area contributed by atoms with Gasteiger partial charge < -0.3 is 14.8 Å². The van der Waals surface area contributed by atoms with Crippen LogP contribution in [0.2, 0.25) is 10.0 Å². The van der Waals surface area contributed by atoms with E-state index >= 15 is 0 Å². The van der Waals surface area contributed by atoms with Crippen molar-refractivity contribution in [2.45, 2.75) is 13.5 Å². The Morgan fingerprint density at radius 1 is 0.844 bits per heavy atom. The maximum atomic E-state index is 12.8. The van der Waals surface area contributed by atoms with Crippen molar-refractivity contribution in [2.24, 2.45) is 0 Å². The van der Waals surface area contributed by atoms with Gasteiger partial charge in [-0.05, 0) is 66.2 Å². The number of benzene rings is 4. The fourth-order valence-corrected chi connectivity index (χ4v) is 3.90. The van der Waals surface area contributed by atoms with Crippen LogP contribution in [-0.2, 0) is 6.61 Å². The van der Waals surface area contributed by atoms with Gasteiger partial charge in [0.2, 0.25) is 0 Å². The first-order chi connectivity index (χ1) is 15.5. The maximum Gasteiger partial charge on any atom is 0.255 e. The molecule has 0 bridgehead atoms. The number of carbonyl (C=O) groups excluding carboxylic acids is 1. The molecule has 0 aliphatic heterocycles. The van der Waals surface area contributed by atoms with Crippen LogP contribution in [0.15, 0.2) is 78.9 Å². The second kappa shape index (κ2) is 9.94. The summed E-state index contributed by atoms with van der Waals surface area (Å²) in [5.74, 6) is 1.14. The van der Waals surface area contributed by atoms with Crippen molar-refractivity contribution >= 4 is 45.6 Å². The minimum absolute atomic E-state index is 0.262. The normalized spacial score (nSPS) is 10.7. The quantitative estimate of drug-likeness (QED) is 0.309. The van der Waals surface area contributed by atoms with E-state index in [2.05, 4.69) is 11.4 Å². The van der Waals surface area contributed by atoms with Crippen LogP contribution in [0.25, 0.3) is 10.8 Å². The van der Waals surface area contributed by atoms with Gasteiger partial charge in [-0.1, -0.05) is 53.5 Å². The Balaban J connectivity index is 1.54. The summed E-state index contributed by atoms with van der Waals surface area (Å²) in [6.45, 7) is 2.69. The van der Waals surface area contributed by atoms with Gasteiger partial charge in [-0.25, -0.2) is 0 Å². The molecule has 4 nitrogen and oxygen atoms in total. The highest BCUT2D eigenvalue weighted by molar-refractivity contribution is 6.35. The third-order valence-corrected chi connectivity index (χ3v) is 5.29. The van der Waals surface area contributed by atoms with Gasteiger partial charge in [-0.15, -0.1) is 0 Å². The highest BCUT2D eigenvalue weighted by atomic mass is 35.5. The van der Waals surface area contributed by atoms with E-state index in [1.165, 1.54) is 0 Å². The minimum Gasteiger partial charge on any atom is -0.493 e. The summed E-state index contributed by atoms with van der Waals surface area (Å²) in [7, 11) is 0. The Bertz CT molecular complexity index is 1250. The summed E-state index contributed by atoms with van der Waals surface area (Å²) < 4.78 is 11.8. The molecule has 0 saturated carbocycles. The molecule has 0 heterocycles. The molecule has 0 saturated heterocycles. The van der Waals surface area contributed by atoms with Crippen molar-refractivity contribution in [3.63, 3.8) is 0 Å². The van der Waals surface area contributed by atoms with Crippen molar-refractivity contribution < 1.29 is 14.3 Å². The average Bonchev–Trinajstić information content (AvgIpc) is 2.77. The number of halogens is 2. The van der Waals surface area contributed by atoms with Crippen molar-refractivity contribution in [2.75, 3.05) is 11.9 Å².